The van der Waals surface area contributed by atoms with Gasteiger partial charge in [-0.25, -0.2) is 0 Å². The molecule has 4 heavy (non-hydrogen) atoms. The summed E-state index contributed by atoms with van der Waals surface area (Å²) in [6, 6.07) is 0. The van der Waals surface area contributed by atoms with Gasteiger partial charge in [0, 0.05) is 41.1 Å². The van der Waals surface area contributed by atoms with Crippen molar-refractivity contribution in [2.45, 2.75) is 7.43 Å². The average Bonchev–Trinajstić information content (AvgIpc) is 0. The molecule has 0 aliphatic rings. The molecule has 0 saturated carbocycles. The van der Waals surface area contributed by atoms with Crippen molar-refractivity contribution in [1.82, 2.24) is 0 Å². The number of hydrogen-bond donors (Lipinski definition) is 0. The summed E-state index contributed by atoms with van der Waals surface area (Å²) in [6.45, 7) is 0. The van der Waals surface area contributed by atoms with Crippen LogP contribution in [-0.2, 0) is 32.7 Å². The van der Waals surface area contributed by atoms with Gasteiger partial charge in [-0.05, 0) is 0 Å². The maximum atomic E-state index is 0. The first-order chi connectivity index (χ1) is 0. The van der Waals surface area contributed by atoms with E-state index in [1.54, 1.807) is 0 Å². The molecular weight excluding hydrogens is 143 g/mol. The Bertz CT molecular complexity index is 8.00. The second kappa shape index (κ2) is 23.3. The second-order valence-electron chi connectivity index (χ2n) is 0. The third-order valence-electron chi connectivity index (χ3n) is 0. The van der Waals surface area contributed by atoms with E-state index in [1.165, 1.54) is 0 Å². The van der Waals surface area contributed by atoms with Crippen molar-refractivity contribution in [3.8, 4) is 0 Å². The fourth-order valence-electron chi connectivity index (χ4n) is 0. The summed E-state index contributed by atoms with van der Waals surface area (Å²) >= 11 is 0. The van der Waals surface area contributed by atoms with Gasteiger partial charge < -0.3 is 0 Å². The average molecular weight is 150 g/mol. The van der Waals surface area contributed by atoms with Gasteiger partial charge in [0.2, 0.25) is 0 Å². The van der Waals surface area contributed by atoms with Crippen molar-refractivity contribution in [1.29, 1.82) is 0 Å². The van der Waals surface area contributed by atoms with Crippen LogP contribution in [0.3, 0.4) is 0 Å². The van der Waals surface area contributed by atoms with E-state index in [-0.39, 0.29) is 58.4 Å². The van der Waals surface area contributed by atoms with Crippen LogP contribution in [0.4, 0.5) is 0 Å². The Hall–Kier alpha value is 1.60. The maximum Gasteiger partial charge on any atom is 0 e. The predicted molar refractivity (Wildman–Crippen MR) is 23.6 cm³/mol. The van der Waals surface area contributed by atoms with E-state index in [2.05, 4.69) is 0 Å². The van der Waals surface area contributed by atoms with Crippen LogP contribution in [0.5, 0.6) is 0 Å². The fourth-order valence-corrected chi connectivity index (χ4v) is 0. The van der Waals surface area contributed by atoms with Crippen LogP contribution < -0.4 is 0 Å². The molecule has 0 rings (SSSR count). The zero-order chi connectivity index (χ0) is 0. The molecule has 0 heterocycles. The molecule has 0 amide bonds. The minimum Gasteiger partial charge on any atom is -0.153 e. The van der Waals surface area contributed by atoms with E-state index in [0.29, 0.717) is 0 Å². The Morgan fingerprint density at radius 2 is 1.00 bits per heavy atom. The van der Waals surface area contributed by atoms with Gasteiger partial charge in [-0.3, -0.25) is 0 Å². The molecule has 0 spiro atoms. The summed E-state index contributed by atoms with van der Waals surface area (Å²) in [4.78, 5) is 0. The molecule has 0 aliphatic carbocycles. The van der Waals surface area contributed by atoms with Crippen LogP contribution in [0.15, 0.2) is 0 Å². The van der Waals surface area contributed by atoms with E-state index in [1.807, 2.05) is 0 Å². The van der Waals surface area contributed by atoms with E-state index in [0.717, 1.165) is 0 Å². The van der Waals surface area contributed by atoms with Crippen LogP contribution in [-0.4, -0.2) is 8.41 Å². The van der Waals surface area contributed by atoms with E-state index in [4.69, 9.17) is 0 Å². The third kappa shape index (κ3) is 9.51. The van der Waals surface area contributed by atoms with Gasteiger partial charge in [0.05, 0.1) is 0 Å². The first kappa shape index (κ1) is 46.3. The molecule has 22 valence electrons. The van der Waals surface area contributed by atoms with Gasteiger partial charge in [-0.1, -0.05) is 7.43 Å². The molecule has 0 bridgehead atoms. The van der Waals surface area contributed by atoms with Crippen LogP contribution in [0, 0.1) is 0 Å². The molecule has 1 atom stereocenters. The maximum absolute atomic E-state index is 0. The minimum absolute atomic E-state index is 0. The summed E-state index contributed by atoms with van der Waals surface area (Å²) in [5, 5.41) is 0. The summed E-state index contributed by atoms with van der Waals surface area (Å²) in [5.74, 6) is 0. The van der Waals surface area contributed by atoms with Crippen molar-refractivity contribution in [3.63, 3.8) is 0 Å². The van der Waals surface area contributed by atoms with Crippen molar-refractivity contribution >= 4 is 18.3 Å². The summed E-state index contributed by atoms with van der Waals surface area (Å²) in [5.41, 5.74) is 0. The number of hydrogen-bond acceptors (Lipinski definition) is 0. The smallest absolute Gasteiger partial charge is 0 e. The van der Waals surface area contributed by atoms with E-state index >= 15 is 0 Å². The normalized spacial score (nSPS) is 0. The first-order valence-corrected chi connectivity index (χ1v) is 0. The monoisotopic (exact) mass is 150 g/mol. The van der Waals surface area contributed by atoms with Crippen molar-refractivity contribution < 1.29 is 32.7 Å². The Morgan fingerprint density at radius 3 is 1.00 bits per heavy atom. The Morgan fingerprint density at radius 1 is 1.00 bits per heavy atom. The molecule has 0 aromatic heterocycles. The molecule has 0 aromatic rings. The van der Waals surface area contributed by atoms with Gasteiger partial charge in [0.1, 0.15) is 0 Å². The van der Waals surface area contributed by atoms with Gasteiger partial charge >= 0.3 is 0 Å². The van der Waals surface area contributed by atoms with Crippen molar-refractivity contribution in [2.24, 2.45) is 0 Å². The molecule has 0 nitrogen and oxygen atoms in total. The van der Waals surface area contributed by atoms with Crippen LogP contribution in [0.1, 0.15) is 7.43 Å². The largest absolute Gasteiger partial charge is 0.153 e. The van der Waals surface area contributed by atoms with Gasteiger partial charge in [0.15, 0.2) is 0 Å². The van der Waals surface area contributed by atoms with Crippen molar-refractivity contribution in [3.05, 3.63) is 0 Å². The summed E-state index contributed by atoms with van der Waals surface area (Å²) in [7, 11) is 0. The van der Waals surface area contributed by atoms with Crippen molar-refractivity contribution in [2.75, 3.05) is 0 Å². The van der Waals surface area contributed by atoms with Crippen LogP contribution in [0.2, 0.25) is 0 Å². The third-order valence-corrected chi connectivity index (χ3v) is 0. The van der Waals surface area contributed by atoms with Gasteiger partial charge in [-0.2, -0.15) is 9.90 Å². The van der Waals surface area contributed by atoms with Gasteiger partial charge in [0.25, 0.3) is 0 Å². The predicted octanol–water partition coefficient (Wildman–Crippen LogP) is 0.311. The molecule has 3 heteroatoms. The first-order valence-electron chi connectivity index (χ1n) is 0. The summed E-state index contributed by atoms with van der Waals surface area (Å²) < 4.78 is 0. The SMILES string of the molecule is C.P.[B].[Y]. The standard InChI is InChI=1S/CH4.B.H3P.Y/h1H4;;1H3;. The molecular formula is CH7BPY. The Balaban J connectivity index is 0. The molecule has 4 radical (unpaired) electrons. The molecule has 0 fully saturated rings. The zero-order valence-corrected chi connectivity index (χ0v) is 6.11. The molecule has 0 aliphatic heterocycles. The molecule has 0 N–H and O–H groups in total. The van der Waals surface area contributed by atoms with Gasteiger partial charge in [-0.15, -0.1) is 0 Å². The zero-order valence-electron chi connectivity index (χ0n) is 1.86. The van der Waals surface area contributed by atoms with Crippen LogP contribution >= 0.6 is 9.90 Å². The Kier molecular flexibility index (Phi) is 270. The number of rotatable bonds is 0. The Labute approximate surface area is 58.2 Å². The molecule has 0 aromatic carbocycles. The fraction of sp³-hybridized carbons (Fsp3) is 1.00. The van der Waals surface area contributed by atoms with Crippen LogP contribution in [0.25, 0.3) is 0 Å². The minimum atomic E-state index is 0. The quantitative estimate of drug-likeness (QED) is 0.344. The summed E-state index contributed by atoms with van der Waals surface area (Å²) in [6.07, 6.45) is 0. The topological polar surface area (TPSA) is 0 Å². The van der Waals surface area contributed by atoms with E-state index < -0.39 is 0 Å². The van der Waals surface area contributed by atoms with E-state index in [9.17, 15) is 0 Å². The molecule has 0 saturated heterocycles. The molecule has 1 unspecified atom stereocenters. The second-order valence-corrected chi connectivity index (χ2v) is 0.